The Morgan fingerprint density at radius 1 is 1.86 bits per heavy atom. The summed E-state index contributed by atoms with van der Waals surface area (Å²) in [6.45, 7) is 3.28. The van der Waals surface area contributed by atoms with Crippen LogP contribution in [0.25, 0.3) is 0 Å². The van der Waals surface area contributed by atoms with Crippen LogP contribution < -0.4 is 0 Å². The van der Waals surface area contributed by atoms with Gasteiger partial charge in [0.1, 0.15) is 5.66 Å². The van der Waals surface area contributed by atoms with Crippen LogP contribution in [0, 0.1) is 5.16 Å². The molecule has 0 saturated heterocycles. The molecular weight excluding hydrogens is 125 g/mol. The number of nitrogens with one attached hydrogen (secondary N) is 1. The van der Waals surface area contributed by atoms with Gasteiger partial charge in [-0.05, 0) is 13.3 Å². The molecule has 0 spiro atoms. The van der Waals surface area contributed by atoms with Crippen molar-refractivity contribution in [3.63, 3.8) is 0 Å². The molecule has 0 aliphatic heterocycles. The standard InChI is InChI=1S/C4H10NPS/c1-3-4(2)6(5)7/h4-5H,3H2,1-2H3. The van der Waals surface area contributed by atoms with Crippen molar-refractivity contribution in [3.8, 4) is 0 Å². The topological polar surface area (TPSA) is 23.9 Å². The largest absolute Gasteiger partial charge is 0.469 e. The molecule has 42 valence electrons. The van der Waals surface area contributed by atoms with E-state index < -0.39 is 6.92 Å². The zero-order valence-corrected chi connectivity index (χ0v) is 6.35. The molecule has 0 rings (SSSR count). The molecule has 2 unspecified atom stereocenters. The third-order valence-electron chi connectivity index (χ3n) is 0.991. The third kappa shape index (κ3) is 3.07. The Labute approximate surface area is 50.9 Å². The van der Waals surface area contributed by atoms with Crippen LogP contribution in [0.1, 0.15) is 20.3 Å². The van der Waals surface area contributed by atoms with Gasteiger partial charge in [-0.15, -0.1) is 5.16 Å². The number of hydrogen-bond donors (Lipinski definition) is 1. The van der Waals surface area contributed by atoms with Crippen molar-refractivity contribution in [2.24, 2.45) is 0 Å². The Kier molecular flexibility index (Phi) is 3.67. The third-order valence-corrected chi connectivity index (χ3v) is 3.24. The van der Waals surface area contributed by atoms with Crippen LogP contribution in [0.5, 0.6) is 0 Å². The van der Waals surface area contributed by atoms with Gasteiger partial charge >= 0.3 is 0 Å². The van der Waals surface area contributed by atoms with Crippen molar-refractivity contribution in [3.05, 3.63) is 0 Å². The summed E-state index contributed by atoms with van der Waals surface area (Å²) in [6, 6.07) is 0. The molecule has 0 aromatic rings. The molecular formula is C4H10NPS. The van der Waals surface area contributed by atoms with Gasteiger partial charge in [0.2, 0.25) is 0 Å². The predicted molar refractivity (Wildman–Crippen MR) is 36.8 cm³/mol. The van der Waals surface area contributed by atoms with Gasteiger partial charge in [0.05, 0.1) is 6.92 Å². The Hall–Kier alpha value is 0.450. The fourth-order valence-corrected chi connectivity index (χ4v) is 0.945. The molecule has 3 heteroatoms. The van der Waals surface area contributed by atoms with Crippen molar-refractivity contribution in [2.75, 3.05) is 0 Å². The fourth-order valence-electron chi connectivity index (χ4n) is 0.166. The molecule has 0 bridgehead atoms. The van der Waals surface area contributed by atoms with E-state index in [4.69, 9.17) is 17.4 Å². The maximum absolute atomic E-state index is 7.06. The summed E-state index contributed by atoms with van der Waals surface area (Å²) in [6.07, 6.45) is 1.05. The Balaban J connectivity index is 3.34. The zero-order valence-electron chi connectivity index (χ0n) is 4.64. The molecule has 0 fully saturated rings. The van der Waals surface area contributed by atoms with Crippen molar-refractivity contribution in [1.29, 1.82) is 5.16 Å². The Bertz CT molecular complexity index is 74.1. The lowest BCUT2D eigenvalue weighted by Crippen LogP contribution is -1.87. The molecule has 0 radical (unpaired) electrons. The fraction of sp³-hybridized carbons (Fsp3) is 1.00. The minimum absolute atomic E-state index is 0.449. The number of hydrogen-bond acceptors (Lipinski definition) is 2. The van der Waals surface area contributed by atoms with E-state index >= 15 is 0 Å². The van der Waals surface area contributed by atoms with Gasteiger partial charge < -0.3 is 12.2 Å². The van der Waals surface area contributed by atoms with E-state index in [0.717, 1.165) is 6.42 Å². The minimum Gasteiger partial charge on any atom is -0.469 e. The van der Waals surface area contributed by atoms with E-state index in [1.807, 2.05) is 6.92 Å². The maximum Gasteiger partial charge on any atom is 0.112 e. The quantitative estimate of drug-likeness (QED) is 0.456. The molecule has 2 atom stereocenters. The maximum atomic E-state index is 7.06. The van der Waals surface area contributed by atoms with Gasteiger partial charge in [-0.2, -0.15) is 0 Å². The SMILES string of the molecule is CCC(C)[P+](=N)[S-]. The summed E-state index contributed by atoms with van der Waals surface area (Å²) in [4.78, 5) is 0. The normalized spacial score (nSPS) is 16.1. The van der Waals surface area contributed by atoms with E-state index in [0.29, 0.717) is 5.66 Å². The van der Waals surface area contributed by atoms with Crippen LogP contribution in [0.2, 0.25) is 0 Å². The first-order valence-corrected chi connectivity index (χ1v) is 4.78. The molecule has 0 aromatic heterocycles. The lowest BCUT2D eigenvalue weighted by Gasteiger charge is -1.98. The Morgan fingerprint density at radius 2 is 2.29 bits per heavy atom. The van der Waals surface area contributed by atoms with Crippen LogP contribution in [0.15, 0.2) is 0 Å². The smallest absolute Gasteiger partial charge is 0.112 e. The molecule has 0 heterocycles. The molecule has 0 amide bonds. The van der Waals surface area contributed by atoms with Gasteiger partial charge in [0, 0.05) is 0 Å². The highest BCUT2D eigenvalue weighted by molar-refractivity contribution is 8.28. The van der Waals surface area contributed by atoms with Crippen LogP contribution in [0.4, 0.5) is 0 Å². The molecule has 0 aromatic carbocycles. The molecule has 0 saturated carbocycles. The molecule has 0 aliphatic carbocycles. The second-order valence-corrected chi connectivity index (χ2v) is 4.30. The predicted octanol–water partition coefficient (Wildman–Crippen LogP) is 2.49. The van der Waals surface area contributed by atoms with Gasteiger partial charge in [-0.1, -0.05) is 6.92 Å². The van der Waals surface area contributed by atoms with Crippen LogP contribution in [0.3, 0.4) is 0 Å². The second-order valence-electron chi connectivity index (χ2n) is 1.58. The minimum atomic E-state index is -0.828. The lowest BCUT2D eigenvalue weighted by molar-refractivity contribution is 0.900. The van der Waals surface area contributed by atoms with Gasteiger partial charge in [-0.3, -0.25) is 0 Å². The molecule has 7 heavy (non-hydrogen) atoms. The summed E-state index contributed by atoms with van der Waals surface area (Å²) in [5.74, 6) is 0. The molecule has 0 aliphatic rings. The summed E-state index contributed by atoms with van der Waals surface area (Å²) >= 11 is 4.73. The molecule has 1 nitrogen and oxygen atoms in total. The highest BCUT2D eigenvalue weighted by Gasteiger charge is 2.02. The summed E-state index contributed by atoms with van der Waals surface area (Å²) in [5, 5.41) is 7.06. The first kappa shape index (κ1) is 7.45. The van der Waals surface area contributed by atoms with Gasteiger partial charge in [0.25, 0.3) is 0 Å². The highest BCUT2D eigenvalue weighted by Crippen LogP contribution is 2.26. The van der Waals surface area contributed by atoms with Crippen molar-refractivity contribution in [2.45, 2.75) is 25.9 Å². The second kappa shape index (κ2) is 3.45. The summed E-state index contributed by atoms with van der Waals surface area (Å²) in [5.41, 5.74) is 0.449. The van der Waals surface area contributed by atoms with E-state index in [2.05, 4.69) is 6.92 Å². The summed E-state index contributed by atoms with van der Waals surface area (Å²) < 4.78 is 0. The van der Waals surface area contributed by atoms with E-state index in [9.17, 15) is 0 Å². The first-order chi connectivity index (χ1) is 3.18. The van der Waals surface area contributed by atoms with Crippen molar-refractivity contribution < 1.29 is 0 Å². The highest BCUT2D eigenvalue weighted by atomic mass is 32.7. The lowest BCUT2D eigenvalue weighted by atomic mass is 10.4. The van der Waals surface area contributed by atoms with Gasteiger partial charge in [-0.25, -0.2) is 0 Å². The van der Waals surface area contributed by atoms with Crippen LogP contribution in [-0.4, -0.2) is 5.66 Å². The van der Waals surface area contributed by atoms with E-state index in [1.165, 1.54) is 0 Å². The first-order valence-electron chi connectivity index (χ1n) is 2.36. The zero-order chi connectivity index (χ0) is 5.86. The van der Waals surface area contributed by atoms with Gasteiger partial charge in [0.15, 0.2) is 0 Å². The molecule has 1 N–H and O–H groups in total. The van der Waals surface area contributed by atoms with Crippen LogP contribution in [-0.2, 0) is 12.2 Å². The van der Waals surface area contributed by atoms with Crippen molar-refractivity contribution in [1.82, 2.24) is 0 Å². The Morgan fingerprint density at radius 3 is 2.29 bits per heavy atom. The average molecular weight is 135 g/mol. The average Bonchev–Trinajstić information content (AvgIpc) is 1.65. The number of rotatable bonds is 2. The van der Waals surface area contributed by atoms with Crippen LogP contribution >= 0.6 is 6.92 Å². The van der Waals surface area contributed by atoms with Crippen molar-refractivity contribution >= 4 is 19.2 Å². The van der Waals surface area contributed by atoms with E-state index in [1.54, 1.807) is 0 Å². The monoisotopic (exact) mass is 135 g/mol. The van der Waals surface area contributed by atoms with E-state index in [-0.39, 0.29) is 0 Å². The summed E-state index contributed by atoms with van der Waals surface area (Å²) in [7, 11) is 0.